The van der Waals surface area contributed by atoms with E-state index >= 15 is 0 Å². The number of amidine groups is 1. The first kappa shape index (κ1) is 13.5. The zero-order valence-electron chi connectivity index (χ0n) is 11.6. The van der Waals surface area contributed by atoms with E-state index in [2.05, 4.69) is 29.1 Å². The number of hydrogen-bond donors (Lipinski definition) is 2. The Bertz CT molecular complexity index is 572. The Balaban J connectivity index is 2.18. The van der Waals surface area contributed by atoms with Crippen LogP contribution in [-0.2, 0) is 13.1 Å². The van der Waals surface area contributed by atoms with Crippen molar-refractivity contribution in [3.8, 4) is 0 Å². The van der Waals surface area contributed by atoms with Crippen LogP contribution < -0.4 is 5.73 Å². The molecule has 2 rings (SSSR count). The van der Waals surface area contributed by atoms with Crippen LogP contribution in [0.15, 0.2) is 24.3 Å². The highest BCUT2D eigenvalue weighted by molar-refractivity contribution is 5.82. The number of nitrogens with one attached hydrogen (secondary N) is 1. The van der Waals surface area contributed by atoms with Crippen LogP contribution in [0.3, 0.4) is 0 Å². The van der Waals surface area contributed by atoms with Gasteiger partial charge in [-0.3, -0.25) is 10.1 Å². The summed E-state index contributed by atoms with van der Waals surface area (Å²) in [5.74, 6) is 0.232. The van der Waals surface area contributed by atoms with Gasteiger partial charge in [0.25, 0.3) is 0 Å². The second kappa shape index (κ2) is 5.84. The van der Waals surface area contributed by atoms with Crippen LogP contribution in [0.2, 0.25) is 0 Å². The molecule has 1 heterocycles. The molecule has 0 atom stereocenters. The molecule has 0 aliphatic carbocycles. The minimum atomic E-state index is 0.232. The molecule has 1 aromatic carbocycles. The van der Waals surface area contributed by atoms with Crippen LogP contribution in [0.1, 0.15) is 19.0 Å². The van der Waals surface area contributed by atoms with Gasteiger partial charge < -0.3 is 10.6 Å². The van der Waals surface area contributed by atoms with E-state index < -0.39 is 0 Å². The predicted octanol–water partition coefficient (Wildman–Crippen LogP) is 1.81. The molecule has 0 bridgehead atoms. The summed E-state index contributed by atoms with van der Waals surface area (Å²) < 4.78 is 2.03. The summed E-state index contributed by atoms with van der Waals surface area (Å²) in [6, 6.07) is 8.30. The normalized spacial score (nSPS) is 11.3. The fraction of sp³-hybridized carbons (Fsp3) is 0.429. The number of aryl methyl sites for hydroxylation is 1. The highest BCUT2D eigenvalue weighted by Gasteiger charge is 2.11. The standard InChI is InChI=1S/C14H21N5/c1-3-19-13-7-5-4-6-11(13)12(17-19)10-18(2)9-8-14(15)16/h4-7H,3,8-10H2,1-2H3,(H3,15,16). The van der Waals surface area contributed by atoms with Gasteiger partial charge in [0, 0.05) is 31.4 Å². The Hall–Kier alpha value is -1.88. The molecule has 0 fully saturated rings. The number of benzene rings is 1. The van der Waals surface area contributed by atoms with Crippen LogP contribution in [-0.4, -0.2) is 34.1 Å². The van der Waals surface area contributed by atoms with Crippen LogP contribution in [0.5, 0.6) is 0 Å². The van der Waals surface area contributed by atoms with E-state index in [0.717, 1.165) is 25.3 Å². The summed E-state index contributed by atoms with van der Waals surface area (Å²) in [6.45, 7) is 4.53. The lowest BCUT2D eigenvalue weighted by Gasteiger charge is -2.14. The van der Waals surface area contributed by atoms with E-state index in [1.165, 1.54) is 10.9 Å². The Morgan fingerprint density at radius 1 is 1.42 bits per heavy atom. The average molecular weight is 259 g/mol. The first-order chi connectivity index (χ1) is 9.11. The lowest BCUT2D eigenvalue weighted by atomic mass is 10.2. The van der Waals surface area contributed by atoms with Gasteiger partial charge in [0.15, 0.2) is 0 Å². The number of fused-ring (bicyclic) bond motifs is 1. The van der Waals surface area contributed by atoms with Crippen molar-refractivity contribution in [2.24, 2.45) is 5.73 Å². The van der Waals surface area contributed by atoms with Crippen LogP contribution in [0.25, 0.3) is 10.9 Å². The van der Waals surface area contributed by atoms with Crippen molar-refractivity contribution < 1.29 is 0 Å². The third-order valence-electron chi connectivity index (χ3n) is 3.22. The first-order valence-electron chi connectivity index (χ1n) is 6.57. The van der Waals surface area contributed by atoms with Gasteiger partial charge >= 0.3 is 0 Å². The molecule has 0 saturated heterocycles. The molecule has 0 saturated carbocycles. The number of aromatic nitrogens is 2. The molecule has 0 aliphatic rings. The number of nitrogens with two attached hydrogens (primary N) is 1. The van der Waals surface area contributed by atoms with Crippen molar-refractivity contribution in [2.75, 3.05) is 13.6 Å². The molecule has 102 valence electrons. The van der Waals surface area contributed by atoms with Crippen LogP contribution >= 0.6 is 0 Å². The van der Waals surface area contributed by atoms with Gasteiger partial charge in [-0.2, -0.15) is 5.10 Å². The van der Waals surface area contributed by atoms with E-state index in [9.17, 15) is 0 Å². The smallest absolute Gasteiger partial charge is 0.0918 e. The van der Waals surface area contributed by atoms with E-state index in [1.54, 1.807) is 0 Å². The fourth-order valence-corrected chi connectivity index (χ4v) is 2.20. The quantitative estimate of drug-likeness (QED) is 0.614. The van der Waals surface area contributed by atoms with Gasteiger partial charge in [-0.05, 0) is 20.0 Å². The summed E-state index contributed by atoms with van der Waals surface area (Å²) >= 11 is 0. The fourth-order valence-electron chi connectivity index (χ4n) is 2.20. The van der Waals surface area contributed by atoms with Crippen molar-refractivity contribution in [1.82, 2.24) is 14.7 Å². The minimum absolute atomic E-state index is 0.232. The third-order valence-corrected chi connectivity index (χ3v) is 3.22. The van der Waals surface area contributed by atoms with Gasteiger partial charge in [0.2, 0.25) is 0 Å². The highest BCUT2D eigenvalue weighted by atomic mass is 15.3. The molecule has 0 aliphatic heterocycles. The maximum absolute atomic E-state index is 7.26. The zero-order valence-corrected chi connectivity index (χ0v) is 11.6. The van der Waals surface area contributed by atoms with Gasteiger partial charge in [0.05, 0.1) is 17.0 Å². The zero-order chi connectivity index (χ0) is 13.8. The monoisotopic (exact) mass is 259 g/mol. The van der Waals surface area contributed by atoms with Gasteiger partial charge in [-0.1, -0.05) is 18.2 Å². The maximum atomic E-state index is 7.26. The topological polar surface area (TPSA) is 70.9 Å². The van der Waals surface area contributed by atoms with Crippen LogP contribution in [0.4, 0.5) is 0 Å². The molecule has 1 aromatic heterocycles. The summed E-state index contributed by atoms with van der Waals surface area (Å²) in [5, 5.41) is 13.1. The molecule has 5 nitrogen and oxygen atoms in total. The second-order valence-electron chi connectivity index (χ2n) is 4.79. The molecule has 0 spiro atoms. The Morgan fingerprint density at radius 3 is 2.84 bits per heavy atom. The number of hydrogen-bond acceptors (Lipinski definition) is 3. The molecule has 2 aromatic rings. The molecule has 0 radical (unpaired) electrons. The van der Waals surface area contributed by atoms with Crippen molar-refractivity contribution in [2.45, 2.75) is 26.4 Å². The summed E-state index contributed by atoms with van der Waals surface area (Å²) in [6.07, 6.45) is 0.600. The van der Waals surface area contributed by atoms with Gasteiger partial charge in [-0.25, -0.2) is 0 Å². The first-order valence-corrected chi connectivity index (χ1v) is 6.57. The Kier molecular flexibility index (Phi) is 4.16. The van der Waals surface area contributed by atoms with Crippen molar-refractivity contribution in [3.05, 3.63) is 30.0 Å². The van der Waals surface area contributed by atoms with Gasteiger partial charge in [-0.15, -0.1) is 0 Å². The average Bonchev–Trinajstić information content (AvgIpc) is 2.75. The van der Waals surface area contributed by atoms with Crippen molar-refractivity contribution >= 4 is 16.7 Å². The number of para-hydroxylation sites is 1. The van der Waals surface area contributed by atoms with E-state index in [-0.39, 0.29) is 5.84 Å². The molecule has 0 unspecified atom stereocenters. The molecular formula is C14H21N5. The lowest BCUT2D eigenvalue weighted by molar-refractivity contribution is 0.332. The van der Waals surface area contributed by atoms with E-state index in [1.807, 2.05) is 23.9 Å². The maximum Gasteiger partial charge on any atom is 0.0918 e. The summed E-state index contributed by atoms with van der Waals surface area (Å²) in [5.41, 5.74) is 7.65. The Morgan fingerprint density at radius 2 is 2.16 bits per heavy atom. The van der Waals surface area contributed by atoms with Gasteiger partial charge in [0.1, 0.15) is 0 Å². The second-order valence-corrected chi connectivity index (χ2v) is 4.79. The largest absolute Gasteiger partial charge is 0.388 e. The molecular weight excluding hydrogens is 238 g/mol. The van der Waals surface area contributed by atoms with E-state index in [4.69, 9.17) is 11.1 Å². The number of rotatable bonds is 6. The molecule has 19 heavy (non-hydrogen) atoms. The predicted molar refractivity (Wildman–Crippen MR) is 78.3 cm³/mol. The molecule has 5 heteroatoms. The third kappa shape index (κ3) is 3.12. The molecule has 0 amide bonds. The summed E-state index contributed by atoms with van der Waals surface area (Å²) in [7, 11) is 2.03. The minimum Gasteiger partial charge on any atom is -0.388 e. The Labute approximate surface area is 113 Å². The van der Waals surface area contributed by atoms with E-state index in [0.29, 0.717) is 6.42 Å². The van der Waals surface area contributed by atoms with Crippen molar-refractivity contribution in [3.63, 3.8) is 0 Å². The number of nitrogens with zero attached hydrogens (tertiary/aromatic N) is 3. The summed E-state index contributed by atoms with van der Waals surface area (Å²) in [4.78, 5) is 2.15. The highest BCUT2D eigenvalue weighted by Crippen LogP contribution is 2.19. The van der Waals surface area contributed by atoms with Crippen molar-refractivity contribution in [1.29, 1.82) is 5.41 Å². The van der Waals surface area contributed by atoms with Crippen LogP contribution in [0, 0.1) is 5.41 Å². The SMILES string of the molecule is CCn1nc(CN(C)CCC(=N)N)c2ccccc21. The lowest BCUT2D eigenvalue weighted by Crippen LogP contribution is -2.24. The molecule has 3 N–H and O–H groups in total.